The molecule has 0 spiro atoms. The SMILES string of the molecule is [SiH3]CC(NC1CCCC1)(NC1CCCC1)NC1CCCC1. The molecule has 0 heterocycles. The molecule has 4 heteroatoms. The zero-order valence-corrected chi connectivity index (χ0v) is 15.9. The van der Waals surface area contributed by atoms with Gasteiger partial charge in [-0.3, -0.25) is 16.0 Å². The van der Waals surface area contributed by atoms with Crippen molar-refractivity contribution in [2.45, 2.75) is 107 Å². The van der Waals surface area contributed by atoms with E-state index in [9.17, 15) is 0 Å². The zero-order chi connectivity index (χ0) is 14.5. The molecule has 0 radical (unpaired) electrons. The van der Waals surface area contributed by atoms with Crippen LogP contribution in [0.25, 0.3) is 0 Å². The Morgan fingerprint density at radius 1 is 0.619 bits per heavy atom. The Hall–Kier alpha value is 0.0969. The van der Waals surface area contributed by atoms with E-state index in [-0.39, 0.29) is 5.79 Å². The molecule has 3 aliphatic rings. The summed E-state index contributed by atoms with van der Waals surface area (Å²) in [6, 6.07) is 3.49. The van der Waals surface area contributed by atoms with Crippen molar-refractivity contribution in [1.29, 1.82) is 0 Å². The summed E-state index contributed by atoms with van der Waals surface area (Å²) < 4.78 is 0. The van der Waals surface area contributed by atoms with Crippen LogP contribution in [0.2, 0.25) is 6.04 Å². The summed E-state index contributed by atoms with van der Waals surface area (Å²) in [4.78, 5) is 0. The average Bonchev–Trinajstić information content (AvgIpc) is 3.21. The minimum absolute atomic E-state index is 0.0469. The summed E-state index contributed by atoms with van der Waals surface area (Å²) in [5, 5.41) is 12.1. The van der Waals surface area contributed by atoms with Crippen LogP contribution >= 0.6 is 0 Å². The highest BCUT2D eigenvalue weighted by Gasteiger charge is 2.36. The van der Waals surface area contributed by atoms with Gasteiger partial charge in [0.15, 0.2) is 0 Å². The average molecular weight is 310 g/mol. The number of rotatable bonds is 7. The first kappa shape index (κ1) is 16.0. The first-order valence-electron chi connectivity index (χ1n) is 9.63. The highest BCUT2D eigenvalue weighted by molar-refractivity contribution is 6.09. The van der Waals surface area contributed by atoms with Crippen LogP contribution in [0.4, 0.5) is 0 Å². The molecule has 122 valence electrons. The van der Waals surface area contributed by atoms with E-state index < -0.39 is 0 Å². The van der Waals surface area contributed by atoms with Crippen LogP contribution in [0.5, 0.6) is 0 Å². The second kappa shape index (κ2) is 7.58. The van der Waals surface area contributed by atoms with Crippen LogP contribution in [-0.2, 0) is 0 Å². The molecule has 0 atom stereocenters. The summed E-state index contributed by atoms with van der Waals surface area (Å²) in [6.07, 6.45) is 16.8. The van der Waals surface area contributed by atoms with E-state index in [1.54, 1.807) is 0 Å². The van der Waals surface area contributed by atoms with Gasteiger partial charge in [-0.25, -0.2) is 0 Å². The number of nitrogens with one attached hydrogen (secondary N) is 3. The van der Waals surface area contributed by atoms with Crippen molar-refractivity contribution in [2.75, 3.05) is 0 Å². The Bertz CT molecular complexity index is 260. The van der Waals surface area contributed by atoms with Gasteiger partial charge in [0.25, 0.3) is 0 Å². The van der Waals surface area contributed by atoms with Crippen LogP contribution in [0.3, 0.4) is 0 Å². The van der Waals surface area contributed by atoms with Gasteiger partial charge in [0, 0.05) is 28.4 Å². The van der Waals surface area contributed by atoms with E-state index >= 15 is 0 Å². The van der Waals surface area contributed by atoms with E-state index in [1.807, 2.05) is 0 Å². The Morgan fingerprint density at radius 2 is 0.905 bits per heavy atom. The van der Waals surface area contributed by atoms with Gasteiger partial charge >= 0.3 is 0 Å². The van der Waals surface area contributed by atoms with Crippen molar-refractivity contribution in [3.05, 3.63) is 0 Å². The van der Waals surface area contributed by atoms with Gasteiger partial charge in [-0.15, -0.1) is 0 Å². The molecule has 0 aromatic carbocycles. The maximum atomic E-state index is 4.05. The molecule has 3 aliphatic carbocycles. The monoisotopic (exact) mass is 309 g/mol. The maximum Gasteiger partial charge on any atom is 0.120 e. The van der Waals surface area contributed by atoms with Crippen LogP contribution in [-0.4, -0.2) is 34.2 Å². The highest BCUT2D eigenvalue weighted by atomic mass is 28.1. The molecule has 0 saturated heterocycles. The van der Waals surface area contributed by atoms with Gasteiger partial charge in [0.05, 0.1) is 0 Å². The van der Waals surface area contributed by atoms with Gasteiger partial charge in [-0.05, 0) is 44.6 Å². The predicted molar refractivity (Wildman–Crippen MR) is 93.7 cm³/mol. The van der Waals surface area contributed by atoms with E-state index in [1.165, 1.54) is 93.3 Å². The van der Waals surface area contributed by atoms with Crippen molar-refractivity contribution in [3.63, 3.8) is 0 Å². The minimum Gasteiger partial charge on any atom is -0.284 e. The first-order chi connectivity index (χ1) is 10.3. The van der Waals surface area contributed by atoms with Gasteiger partial charge in [0.1, 0.15) is 5.79 Å². The van der Waals surface area contributed by atoms with Crippen molar-refractivity contribution >= 4 is 10.2 Å². The molecule has 0 amide bonds. The lowest BCUT2D eigenvalue weighted by Crippen LogP contribution is -2.71. The fourth-order valence-corrected chi connectivity index (χ4v) is 5.30. The minimum atomic E-state index is 0.0469. The number of hydrogen-bond donors (Lipinski definition) is 3. The number of hydrogen-bond acceptors (Lipinski definition) is 3. The van der Waals surface area contributed by atoms with E-state index in [0.717, 1.165) is 18.1 Å². The second-order valence-electron chi connectivity index (χ2n) is 7.64. The van der Waals surface area contributed by atoms with E-state index in [4.69, 9.17) is 0 Å². The lowest BCUT2D eigenvalue weighted by atomic mass is 10.1. The normalized spacial score (nSPS) is 26.3. The van der Waals surface area contributed by atoms with Crippen LogP contribution in [0.1, 0.15) is 77.0 Å². The van der Waals surface area contributed by atoms with E-state index in [2.05, 4.69) is 16.0 Å². The lowest BCUT2D eigenvalue weighted by Gasteiger charge is -2.42. The Kier molecular flexibility index (Phi) is 5.76. The summed E-state index contributed by atoms with van der Waals surface area (Å²) in [5.41, 5.74) is 0. The van der Waals surface area contributed by atoms with Gasteiger partial charge in [-0.2, -0.15) is 0 Å². The molecular weight excluding hydrogens is 274 g/mol. The molecule has 3 saturated carbocycles. The van der Waals surface area contributed by atoms with Crippen molar-refractivity contribution in [2.24, 2.45) is 0 Å². The van der Waals surface area contributed by atoms with Gasteiger partial charge < -0.3 is 0 Å². The molecule has 0 unspecified atom stereocenters. The molecule has 0 aromatic heterocycles. The first-order valence-corrected chi connectivity index (χ1v) is 11.0. The van der Waals surface area contributed by atoms with Gasteiger partial charge in [-0.1, -0.05) is 38.5 Å². The summed E-state index contributed by atoms with van der Waals surface area (Å²) in [7, 11) is 1.25. The van der Waals surface area contributed by atoms with Crippen LogP contribution < -0.4 is 16.0 Å². The van der Waals surface area contributed by atoms with Crippen molar-refractivity contribution < 1.29 is 0 Å². The van der Waals surface area contributed by atoms with Crippen LogP contribution in [0.15, 0.2) is 0 Å². The molecule has 3 nitrogen and oxygen atoms in total. The molecule has 0 bridgehead atoms. The quantitative estimate of drug-likeness (QED) is 0.497. The molecule has 3 rings (SSSR count). The summed E-state index contributed by atoms with van der Waals surface area (Å²) >= 11 is 0. The Balaban J connectivity index is 1.65. The third-order valence-electron chi connectivity index (χ3n) is 5.95. The second-order valence-corrected chi connectivity index (χ2v) is 8.34. The maximum absolute atomic E-state index is 4.05. The highest BCUT2D eigenvalue weighted by Crippen LogP contribution is 2.26. The molecule has 0 aromatic rings. The van der Waals surface area contributed by atoms with Crippen LogP contribution in [0, 0.1) is 0 Å². The smallest absolute Gasteiger partial charge is 0.120 e. The third-order valence-corrected chi connectivity index (χ3v) is 7.01. The molecule has 3 fully saturated rings. The fraction of sp³-hybridized carbons (Fsp3) is 1.00. The lowest BCUT2D eigenvalue weighted by molar-refractivity contribution is 0.156. The third kappa shape index (κ3) is 4.31. The Labute approximate surface area is 133 Å². The van der Waals surface area contributed by atoms with Gasteiger partial charge in [0.2, 0.25) is 0 Å². The largest absolute Gasteiger partial charge is 0.284 e. The predicted octanol–water partition coefficient (Wildman–Crippen LogP) is 2.02. The van der Waals surface area contributed by atoms with Crippen molar-refractivity contribution in [1.82, 2.24) is 16.0 Å². The fourth-order valence-electron chi connectivity index (χ4n) is 4.69. The Morgan fingerprint density at radius 3 is 1.14 bits per heavy atom. The standard InChI is InChI=1S/C17H35N3Si/c21-13-17(18-14-7-1-2-8-14,19-15-9-3-4-10-15)20-16-11-5-6-12-16/h14-16,18-20H,1-13H2,21H3. The van der Waals surface area contributed by atoms with E-state index in [0.29, 0.717) is 0 Å². The van der Waals surface area contributed by atoms with Crippen molar-refractivity contribution in [3.8, 4) is 0 Å². The molecule has 21 heavy (non-hydrogen) atoms. The molecule has 0 aliphatic heterocycles. The zero-order valence-electron chi connectivity index (χ0n) is 13.9. The topological polar surface area (TPSA) is 36.1 Å². The summed E-state index contributed by atoms with van der Waals surface area (Å²) in [5.74, 6) is 0.0469. The molecule has 3 N–H and O–H groups in total. The molecular formula is C17H35N3Si. The summed E-state index contributed by atoms with van der Waals surface area (Å²) in [6.45, 7) is 0.